The van der Waals surface area contributed by atoms with Crippen LogP contribution in [-0.4, -0.2) is 38.6 Å². The number of methoxy groups -OCH3 is 4. The van der Waals surface area contributed by atoms with Gasteiger partial charge in [0.25, 0.3) is 0 Å². The molecule has 0 saturated carbocycles. The predicted molar refractivity (Wildman–Crippen MR) is 116 cm³/mol. The molecular formula is C23H22N4O5. The third-order valence-electron chi connectivity index (χ3n) is 5.34. The number of nitriles is 1. The van der Waals surface area contributed by atoms with Crippen LogP contribution in [0.5, 0.6) is 28.9 Å². The Labute approximate surface area is 184 Å². The van der Waals surface area contributed by atoms with Gasteiger partial charge in [-0.05, 0) is 42.0 Å². The molecule has 3 N–H and O–H groups in total. The molecule has 32 heavy (non-hydrogen) atoms. The third kappa shape index (κ3) is 3.32. The number of hydrogen-bond donors (Lipinski definition) is 2. The summed E-state index contributed by atoms with van der Waals surface area (Å²) in [5.41, 5.74) is 9.27. The molecule has 3 aromatic rings. The van der Waals surface area contributed by atoms with E-state index < -0.39 is 5.92 Å². The van der Waals surface area contributed by atoms with Crippen LogP contribution < -0.4 is 29.4 Å². The van der Waals surface area contributed by atoms with Crippen LogP contribution in [-0.2, 0) is 0 Å². The fraction of sp³-hybridized carbons (Fsp3) is 0.217. The highest BCUT2D eigenvalue weighted by atomic mass is 16.5. The van der Waals surface area contributed by atoms with E-state index in [4.69, 9.17) is 29.4 Å². The molecule has 4 rings (SSSR count). The van der Waals surface area contributed by atoms with Crippen LogP contribution in [0.4, 0.5) is 0 Å². The summed E-state index contributed by atoms with van der Waals surface area (Å²) in [5, 5.41) is 17.3. The van der Waals surface area contributed by atoms with E-state index in [1.165, 1.54) is 21.3 Å². The van der Waals surface area contributed by atoms with Gasteiger partial charge >= 0.3 is 0 Å². The van der Waals surface area contributed by atoms with Gasteiger partial charge < -0.3 is 29.4 Å². The smallest absolute Gasteiger partial charge is 0.244 e. The lowest BCUT2D eigenvalue weighted by Crippen LogP contribution is -2.21. The van der Waals surface area contributed by atoms with Crippen molar-refractivity contribution >= 4 is 0 Å². The zero-order valence-corrected chi connectivity index (χ0v) is 18.1. The van der Waals surface area contributed by atoms with E-state index >= 15 is 0 Å². The normalized spacial score (nSPS) is 14.8. The number of nitrogens with zero attached hydrogens (tertiary/aromatic N) is 2. The highest BCUT2D eigenvalue weighted by Gasteiger charge is 2.36. The molecule has 0 radical (unpaired) electrons. The molecule has 0 bridgehead atoms. The Balaban J connectivity index is 1.95. The Morgan fingerprint density at radius 3 is 2.19 bits per heavy atom. The van der Waals surface area contributed by atoms with Gasteiger partial charge in [0.05, 0.1) is 45.6 Å². The van der Waals surface area contributed by atoms with Crippen LogP contribution >= 0.6 is 0 Å². The summed E-state index contributed by atoms with van der Waals surface area (Å²) in [4.78, 5) is 0. The largest absolute Gasteiger partial charge is 0.497 e. The van der Waals surface area contributed by atoms with Crippen molar-refractivity contribution in [2.45, 2.75) is 5.92 Å². The molecule has 1 atom stereocenters. The lowest BCUT2D eigenvalue weighted by atomic mass is 9.82. The van der Waals surface area contributed by atoms with E-state index in [1.54, 1.807) is 19.2 Å². The van der Waals surface area contributed by atoms with Crippen LogP contribution in [0.3, 0.4) is 0 Å². The van der Waals surface area contributed by atoms with E-state index in [0.717, 1.165) is 11.3 Å². The minimum absolute atomic E-state index is 0.00784. The molecule has 0 fully saturated rings. The first kappa shape index (κ1) is 20.9. The van der Waals surface area contributed by atoms with Crippen LogP contribution in [0.1, 0.15) is 17.0 Å². The fourth-order valence-electron chi connectivity index (χ4n) is 3.82. The number of nitrogens with one attached hydrogen (secondary N) is 1. The maximum atomic E-state index is 9.94. The van der Waals surface area contributed by atoms with Crippen molar-refractivity contribution in [3.8, 4) is 46.2 Å². The van der Waals surface area contributed by atoms with Gasteiger partial charge in [0, 0.05) is 5.56 Å². The monoisotopic (exact) mass is 434 g/mol. The molecule has 0 unspecified atom stereocenters. The molecule has 0 aliphatic carbocycles. The van der Waals surface area contributed by atoms with E-state index in [1.807, 2.05) is 24.3 Å². The number of fused-ring (bicyclic) bond motifs is 1. The Morgan fingerprint density at radius 2 is 1.66 bits per heavy atom. The van der Waals surface area contributed by atoms with E-state index in [-0.39, 0.29) is 11.5 Å². The number of aromatic amines is 1. The number of nitrogens with two attached hydrogens (primary N) is 1. The molecule has 2 aromatic carbocycles. The van der Waals surface area contributed by atoms with E-state index in [9.17, 15) is 5.26 Å². The standard InChI is InChI=1S/C23H22N4O5/c1-28-14-7-5-12(6-8-14)20-19-18(15(11-24)22(25)32-23(19)27-26-20)13-9-16(29-2)21(31-4)17(10-13)30-3/h5-10,18H,25H2,1-4H3,(H,26,27)/t18-/m1/s1. The SMILES string of the molecule is COc1ccc(-c2[nH]nc3c2[C@H](c2cc(OC)c(OC)c(OC)c2)C(C#N)=C(N)O3)cc1. The quantitative estimate of drug-likeness (QED) is 0.605. The highest BCUT2D eigenvalue weighted by molar-refractivity contribution is 5.72. The lowest BCUT2D eigenvalue weighted by molar-refractivity contribution is 0.323. The fourth-order valence-corrected chi connectivity index (χ4v) is 3.82. The molecule has 1 aliphatic heterocycles. The van der Waals surface area contributed by atoms with Gasteiger partial charge in [-0.15, -0.1) is 5.10 Å². The Kier molecular flexibility index (Phi) is 5.52. The summed E-state index contributed by atoms with van der Waals surface area (Å²) in [6.45, 7) is 0. The van der Waals surface area contributed by atoms with Gasteiger partial charge in [-0.1, -0.05) is 0 Å². The number of aromatic nitrogens is 2. The first-order valence-corrected chi connectivity index (χ1v) is 9.66. The highest BCUT2D eigenvalue weighted by Crippen LogP contribution is 2.49. The van der Waals surface area contributed by atoms with Crippen molar-refractivity contribution < 1.29 is 23.7 Å². The zero-order valence-electron chi connectivity index (χ0n) is 18.1. The Bertz CT molecular complexity index is 1200. The molecule has 2 heterocycles. The van der Waals surface area contributed by atoms with Gasteiger partial charge in [-0.25, -0.2) is 0 Å². The predicted octanol–water partition coefficient (Wildman–Crippen LogP) is 3.33. The first-order valence-electron chi connectivity index (χ1n) is 9.66. The second-order valence-electron chi connectivity index (χ2n) is 6.93. The molecule has 0 amide bonds. The Morgan fingerprint density at radius 1 is 1.00 bits per heavy atom. The average molecular weight is 434 g/mol. The third-order valence-corrected chi connectivity index (χ3v) is 5.34. The summed E-state index contributed by atoms with van der Waals surface area (Å²) < 4.78 is 27.4. The number of hydrogen-bond acceptors (Lipinski definition) is 8. The molecule has 0 spiro atoms. The molecule has 1 aliphatic rings. The van der Waals surface area contributed by atoms with Crippen LogP contribution in [0.2, 0.25) is 0 Å². The topological polar surface area (TPSA) is 125 Å². The molecule has 164 valence electrons. The zero-order chi connectivity index (χ0) is 22.8. The number of H-pyrrole nitrogens is 1. The van der Waals surface area contributed by atoms with Gasteiger partial charge in [0.2, 0.25) is 17.5 Å². The minimum Gasteiger partial charge on any atom is -0.497 e. The summed E-state index contributed by atoms with van der Waals surface area (Å²) in [5.74, 6) is 1.80. The van der Waals surface area contributed by atoms with Crippen molar-refractivity contribution in [3.63, 3.8) is 0 Å². The molecule has 9 nitrogen and oxygen atoms in total. The minimum atomic E-state index is -0.576. The van der Waals surface area contributed by atoms with Crippen LogP contribution in [0.15, 0.2) is 47.9 Å². The number of ether oxygens (including phenoxy) is 5. The van der Waals surface area contributed by atoms with Gasteiger partial charge in [0.1, 0.15) is 17.4 Å². The number of rotatable bonds is 6. The van der Waals surface area contributed by atoms with Crippen LogP contribution in [0, 0.1) is 11.3 Å². The second kappa shape index (κ2) is 8.43. The maximum Gasteiger partial charge on any atom is 0.244 e. The lowest BCUT2D eigenvalue weighted by Gasteiger charge is -2.25. The summed E-state index contributed by atoms with van der Waals surface area (Å²) >= 11 is 0. The summed E-state index contributed by atoms with van der Waals surface area (Å²) in [7, 11) is 6.20. The first-order chi connectivity index (χ1) is 15.6. The van der Waals surface area contributed by atoms with E-state index in [2.05, 4.69) is 16.3 Å². The number of benzene rings is 2. The Hall–Kier alpha value is -4.32. The van der Waals surface area contributed by atoms with Crippen molar-refractivity contribution in [2.75, 3.05) is 28.4 Å². The van der Waals surface area contributed by atoms with Gasteiger partial charge in [-0.2, -0.15) is 5.26 Å². The van der Waals surface area contributed by atoms with Crippen molar-refractivity contribution in [1.29, 1.82) is 5.26 Å². The van der Waals surface area contributed by atoms with E-state index in [0.29, 0.717) is 39.9 Å². The number of allylic oxidation sites excluding steroid dienone is 1. The molecule has 1 aromatic heterocycles. The van der Waals surface area contributed by atoms with Gasteiger partial charge in [-0.3, -0.25) is 5.10 Å². The maximum absolute atomic E-state index is 9.94. The van der Waals surface area contributed by atoms with Crippen molar-refractivity contribution in [3.05, 3.63) is 59.0 Å². The molecular weight excluding hydrogens is 412 g/mol. The van der Waals surface area contributed by atoms with Crippen LogP contribution in [0.25, 0.3) is 11.3 Å². The second-order valence-corrected chi connectivity index (χ2v) is 6.93. The summed E-state index contributed by atoms with van der Waals surface area (Å²) in [6, 6.07) is 13.2. The van der Waals surface area contributed by atoms with Crippen molar-refractivity contribution in [1.82, 2.24) is 10.2 Å². The average Bonchev–Trinajstić information content (AvgIpc) is 3.25. The summed E-state index contributed by atoms with van der Waals surface area (Å²) in [6.07, 6.45) is 0. The molecule has 0 saturated heterocycles. The van der Waals surface area contributed by atoms with Crippen molar-refractivity contribution in [2.24, 2.45) is 5.73 Å². The van der Waals surface area contributed by atoms with Gasteiger partial charge in [0.15, 0.2) is 11.5 Å². The molecule has 9 heteroatoms.